The summed E-state index contributed by atoms with van der Waals surface area (Å²) >= 11 is 0. The number of hydrogen-bond acceptors (Lipinski definition) is 5. The van der Waals surface area contributed by atoms with Crippen molar-refractivity contribution in [2.75, 3.05) is 18.3 Å². The Labute approximate surface area is 140 Å². The molecule has 6 heteroatoms. The van der Waals surface area contributed by atoms with Crippen LogP contribution in [0.4, 0.5) is 5.69 Å². The second kappa shape index (κ2) is 6.05. The standard InChI is InChI=1S/C18H20N3O3/c22-18-3-1-2-17-15-8-14(11-20(17)18)10-19(12-15)9-13-4-6-16(7-5-13)21(23)24/h1-7,14-15,23H,8-12H2/q-1. The summed E-state index contributed by atoms with van der Waals surface area (Å²) in [4.78, 5) is 14.5. The molecule has 1 saturated heterocycles. The Kier molecular flexibility index (Phi) is 3.88. The molecule has 0 aliphatic carbocycles. The van der Waals surface area contributed by atoms with Crippen molar-refractivity contribution in [3.63, 3.8) is 0 Å². The van der Waals surface area contributed by atoms with Crippen molar-refractivity contribution >= 4 is 5.69 Å². The fourth-order valence-electron chi connectivity index (χ4n) is 4.11. The smallest absolute Gasteiger partial charge is 0.250 e. The van der Waals surface area contributed by atoms with Crippen molar-refractivity contribution in [1.29, 1.82) is 0 Å². The van der Waals surface area contributed by atoms with Crippen LogP contribution in [0.5, 0.6) is 0 Å². The van der Waals surface area contributed by atoms with E-state index in [0.29, 0.717) is 11.8 Å². The quantitative estimate of drug-likeness (QED) is 0.875. The number of piperidine rings is 1. The molecule has 2 unspecified atom stereocenters. The fraction of sp³-hybridized carbons (Fsp3) is 0.389. The third-order valence-electron chi connectivity index (χ3n) is 5.12. The van der Waals surface area contributed by atoms with E-state index in [1.54, 1.807) is 18.2 Å². The van der Waals surface area contributed by atoms with Gasteiger partial charge in [0.25, 0.3) is 5.56 Å². The van der Waals surface area contributed by atoms with Gasteiger partial charge >= 0.3 is 0 Å². The molecule has 2 bridgehead atoms. The Morgan fingerprint density at radius 2 is 1.92 bits per heavy atom. The first-order chi connectivity index (χ1) is 11.6. The van der Waals surface area contributed by atoms with Crippen LogP contribution in [0.3, 0.4) is 0 Å². The second-order valence-corrected chi connectivity index (χ2v) is 6.83. The van der Waals surface area contributed by atoms with Gasteiger partial charge in [-0.1, -0.05) is 18.2 Å². The number of rotatable bonds is 3. The van der Waals surface area contributed by atoms with Gasteiger partial charge in [0.05, 0.1) is 5.69 Å². The highest BCUT2D eigenvalue weighted by atomic mass is 16.8. The summed E-state index contributed by atoms with van der Waals surface area (Å²) in [6.45, 7) is 3.54. The lowest BCUT2D eigenvalue weighted by Gasteiger charge is -2.42. The number of nitrogens with zero attached hydrogens (tertiary/aromatic N) is 3. The second-order valence-electron chi connectivity index (χ2n) is 6.83. The third-order valence-corrected chi connectivity index (χ3v) is 5.12. The largest absolute Gasteiger partial charge is 0.733 e. The maximum atomic E-state index is 12.1. The predicted molar refractivity (Wildman–Crippen MR) is 90.9 cm³/mol. The van der Waals surface area contributed by atoms with Crippen molar-refractivity contribution in [1.82, 2.24) is 9.47 Å². The summed E-state index contributed by atoms with van der Waals surface area (Å²) in [6.07, 6.45) is 1.15. The van der Waals surface area contributed by atoms with E-state index in [4.69, 9.17) is 5.21 Å². The molecule has 0 amide bonds. The number of pyridine rings is 1. The summed E-state index contributed by atoms with van der Waals surface area (Å²) in [5, 5.41) is 19.6. The van der Waals surface area contributed by atoms with Gasteiger partial charge in [-0.3, -0.25) is 14.9 Å². The summed E-state index contributed by atoms with van der Waals surface area (Å²) in [6, 6.07) is 12.6. The molecule has 2 atom stereocenters. The van der Waals surface area contributed by atoms with Crippen LogP contribution >= 0.6 is 0 Å². The zero-order chi connectivity index (χ0) is 16.7. The van der Waals surface area contributed by atoms with Crippen LogP contribution in [0, 0.1) is 11.1 Å². The van der Waals surface area contributed by atoms with Gasteiger partial charge in [-0.25, -0.2) is 0 Å². The molecule has 2 aliphatic rings. The van der Waals surface area contributed by atoms with Crippen LogP contribution < -0.4 is 10.8 Å². The Bertz CT molecular complexity index is 785. The number of likely N-dealkylation sites (tertiary alicyclic amines) is 1. The van der Waals surface area contributed by atoms with Gasteiger partial charge in [-0.05, 0) is 36.1 Å². The molecule has 126 valence electrons. The molecular weight excluding hydrogens is 306 g/mol. The topological polar surface area (TPSA) is 71.8 Å². The lowest BCUT2D eigenvalue weighted by molar-refractivity contribution is 0.114. The summed E-state index contributed by atoms with van der Waals surface area (Å²) in [5.41, 5.74) is 2.62. The molecule has 1 N–H and O–H groups in total. The Morgan fingerprint density at radius 3 is 2.67 bits per heavy atom. The molecule has 1 aromatic heterocycles. The minimum atomic E-state index is -0.121. The lowest BCUT2D eigenvalue weighted by Crippen LogP contribution is -2.46. The van der Waals surface area contributed by atoms with Gasteiger partial charge in [0, 0.05) is 43.9 Å². The van der Waals surface area contributed by atoms with E-state index in [2.05, 4.69) is 11.0 Å². The van der Waals surface area contributed by atoms with Gasteiger partial charge in [0.15, 0.2) is 0 Å². The highest BCUT2D eigenvalue weighted by Crippen LogP contribution is 2.35. The number of aromatic nitrogens is 1. The monoisotopic (exact) mass is 326 g/mol. The number of hydrogen-bond donors (Lipinski definition) is 1. The molecular formula is C18H20N3O3-. The molecule has 2 aliphatic heterocycles. The molecule has 24 heavy (non-hydrogen) atoms. The molecule has 0 radical (unpaired) electrons. The number of anilines is 1. The number of fused-ring (bicyclic) bond motifs is 4. The number of benzene rings is 1. The van der Waals surface area contributed by atoms with Crippen LogP contribution in [0.15, 0.2) is 47.3 Å². The highest BCUT2D eigenvalue weighted by molar-refractivity contribution is 5.45. The van der Waals surface area contributed by atoms with Crippen LogP contribution in [0.25, 0.3) is 0 Å². The van der Waals surface area contributed by atoms with E-state index >= 15 is 0 Å². The molecule has 3 heterocycles. The first-order valence-electron chi connectivity index (χ1n) is 8.27. The first-order valence-corrected chi connectivity index (χ1v) is 8.27. The van der Waals surface area contributed by atoms with E-state index in [0.717, 1.165) is 43.9 Å². The van der Waals surface area contributed by atoms with E-state index in [1.807, 2.05) is 22.8 Å². The van der Waals surface area contributed by atoms with Gasteiger partial charge < -0.3 is 15.0 Å². The molecule has 2 aromatic rings. The maximum Gasteiger partial charge on any atom is 0.250 e. The Hall–Kier alpha value is -2.15. The van der Waals surface area contributed by atoms with Crippen molar-refractivity contribution in [3.05, 3.63) is 69.3 Å². The van der Waals surface area contributed by atoms with Crippen LogP contribution in [-0.2, 0) is 13.1 Å². The molecule has 0 spiro atoms. The zero-order valence-corrected chi connectivity index (χ0v) is 13.3. The van der Waals surface area contributed by atoms with Crippen molar-refractivity contribution in [2.45, 2.75) is 25.4 Å². The molecule has 6 nitrogen and oxygen atoms in total. The van der Waals surface area contributed by atoms with E-state index in [9.17, 15) is 10.0 Å². The van der Waals surface area contributed by atoms with E-state index in [1.165, 1.54) is 0 Å². The zero-order valence-electron chi connectivity index (χ0n) is 13.3. The van der Waals surface area contributed by atoms with Gasteiger partial charge in [0.1, 0.15) is 0 Å². The van der Waals surface area contributed by atoms with E-state index in [-0.39, 0.29) is 16.5 Å². The van der Waals surface area contributed by atoms with Crippen LogP contribution in [-0.4, -0.2) is 27.8 Å². The minimum Gasteiger partial charge on any atom is -0.733 e. The molecule has 1 fully saturated rings. The molecule has 0 saturated carbocycles. The van der Waals surface area contributed by atoms with Crippen molar-refractivity contribution in [2.24, 2.45) is 5.92 Å². The van der Waals surface area contributed by atoms with Crippen molar-refractivity contribution in [3.8, 4) is 0 Å². The van der Waals surface area contributed by atoms with Gasteiger partial charge in [-0.2, -0.15) is 0 Å². The Morgan fingerprint density at radius 1 is 1.12 bits per heavy atom. The predicted octanol–water partition coefficient (Wildman–Crippen LogP) is 2.16. The summed E-state index contributed by atoms with van der Waals surface area (Å²) < 4.78 is 1.94. The highest BCUT2D eigenvalue weighted by Gasteiger charge is 2.34. The minimum absolute atomic E-state index is 0.109. The average Bonchev–Trinajstić information content (AvgIpc) is 2.56. The third kappa shape index (κ3) is 2.84. The van der Waals surface area contributed by atoms with E-state index < -0.39 is 0 Å². The van der Waals surface area contributed by atoms with Crippen LogP contribution in [0.2, 0.25) is 0 Å². The molecule has 1 aromatic carbocycles. The van der Waals surface area contributed by atoms with Gasteiger partial charge in [0.2, 0.25) is 0 Å². The lowest BCUT2D eigenvalue weighted by atomic mass is 9.83. The SMILES string of the molecule is O=c1cccc2n1CC1CC2CN(Cc2ccc(N([O-])O)cc2)C1. The first kappa shape index (κ1) is 15.4. The maximum absolute atomic E-state index is 12.1. The summed E-state index contributed by atoms with van der Waals surface area (Å²) in [5.74, 6) is 0.908. The van der Waals surface area contributed by atoms with Crippen molar-refractivity contribution < 1.29 is 5.21 Å². The average molecular weight is 326 g/mol. The summed E-state index contributed by atoms with van der Waals surface area (Å²) in [7, 11) is 0. The molecule has 4 rings (SSSR count). The van der Waals surface area contributed by atoms with Crippen LogP contribution in [0.1, 0.15) is 23.6 Å². The fourth-order valence-corrected chi connectivity index (χ4v) is 4.11. The normalized spacial score (nSPS) is 22.9. The Balaban J connectivity index is 1.51. The van der Waals surface area contributed by atoms with Gasteiger partial charge in [-0.15, -0.1) is 0 Å².